The Hall–Kier alpha value is 0.540. The zero-order valence-electron chi connectivity index (χ0n) is 2.18. The molecule has 0 fully saturated rings. The molecule has 0 heterocycles. The second-order valence-electron chi connectivity index (χ2n) is 0.0891. The summed E-state index contributed by atoms with van der Waals surface area (Å²) in [5.41, 5.74) is 0. The van der Waals surface area contributed by atoms with Gasteiger partial charge in [-0.25, -0.2) is 0 Å². The first kappa shape index (κ1) is 17.7. The Morgan fingerprint density at radius 3 is 1.40 bits per heavy atom. The third-order valence-electron chi connectivity index (χ3n) is 0. The fourth-order valence-corrected chi connectivity index (χ4v) is 0. The lowest BCUT2D eigenvalue weighted by Gasteiger charge is -1.20. The van der Waals surface area contributed by atoms with Gasteiger partial charge in [-0.15, -0.1) is 24.8 Å². The first-order chi connectivity index (χ1) is 1.41. The summed E-state index contributed by atoms with van der Waals surface area (Å²) in [6.07, 6.45) is 0. The number of hydrogen-bond acceptors (Lipinski definition) is 1. The summed E-state index contributed by atoms with van der Waals surface area (Å²) in [6, 6.07) is 0. The van der Waals surface area contributed by atoms with Gasteiger partial charge in [0.15, 0.2) is 0 Å². The highest BCUT2D eigenvalue weighted by Gasteiger charge is 1.28. The van der Waals surface area contributed by atoms with Crippen LogP contribution in [-0.2, 0) is 4.79 Å². The molecule has 0 aliphatic heterocycles. The summed E-state index contributed by atoms with van der Waals surface area (Å²) in [5, 5.41) is 0. The van der Waals surface area contributed by atoms with Gasteiger partial charge in [0, 0.05) is 0 Å². The van der Waals surface area contributed by atoms with Crippen molar-refractivity contribution < 1.29 is 4.79 Å². The monoisotopic (exact) mass is 136 g/mol. The lowest BCUT2D eigenvalue weighted by molar-refractivity contribution is 0.569. The second kappa shape index (κ2) is 24.0. The standard InChI is InChI=1S/CHClO.2ClH/c2-1-3;;/h1H;2*1H. The molecule has 0 aliphatic carbocycles. The minimum Gasteiger partial charge on any atom is -0.285 e. The van der Waals surface area contributed by atoms with Gasteiger partial charge in [-0.3, -0.25) is 4.79 Å². The third kappa shape index (κ3) is 100. The van der Waals surface area contributed by atoms with Gasteiger partial charge in [0.05, 0.1) is 0 Å². The van der Waals surface area contributed by atoms with E-state index in [9.17, 15) is 0 Å². The van der Waals surface area contributed by atoms with Crippen LogP contribution in [0.4, 0.5) is 0 Å². The van der Waals surface area contributed by atoms with Crippen molar-refractivity contribution in [3.63, 3.8) is 0 Å². The van der Waals surface area contributed by atoms with Crippen LogP contribution in [0.15, 0.2) is 0 Å². The number of rotatable bonds is 0. The Labute approximate surface area is 47.5 Å². The van der Waals surface area contributed by atoms with E-state index in [-0.39, 0.29) is 30.6 Å². The summed E-state index contributed by atoms with van der Waals surface area (Å²) in [4.78, 5) is 8.57. The van der Waals surface area contributed by atoms with E-state index < -0.39 is 0 Å². The van der Waals surface area contributed by atoms with Crippen LogP contribution < -0.4 is 0 Å². The lowest BCUT2D eigenvalue weighted by atomic mass is 11.8. The Morgan fingerprint density at radius 2 is 1.40 bits per heavy atom. The SMILES string of the molecule is Cl.Cl.O=CCl. The molecule has 0 amide bonds. The molecule has 4 heteroatoms. The van der Waals surface area contributed by atoms with Crippen molar-refractivity contribution in [2.24, 2.45) is 0 Å². The van der Waals surface area contributed by atoms with Gasteiger partial charge >= 0.3 is 0 Å². The molecule has 0 spiro atoms. The van der Waals surface area contributed by atoms with Gasteiger partial charge in [0.2, 0.25) is 5.75 Å². The number of halogens is 3. The molecule has 0 radical (unpaired) electrons. The van der Waals surface area contributed by atoms with Gasteiger partial charge in [-0.1, -0.05) is 0 Å². The van der Waals surface area contributed by atoms with Crippen LogP contribution in [-0.4, -0.2) is 5.75 Å². The Balaban J connectivity index is -0.0000000200. The molecule has 0 N–H and O–H groups in total. The largest absolute Gasteiger partial charge is 0.285 e. The Bertz CT molecular complexity index is 14.4. The van der Waals surface area contributed by atoms with E-state index >= 15 is 0 Å². The molecule has 0 bridgehead atoms. The highest BCUT2D eigenvalue weighted by Crippen LogP contribution is 1.42. The number of hydrogen-bond donors (Lipinski definition) is 0. The smallest absolute Gasteiger partial charge is 0.208 e. The normalized spacial score (nSPS) is 2.60. The van der Waals surface area contributed by atoms with Crippen molar-refractivity contribution in [1.29, 1.82) is 0 Å². The fraction of sp³-hybridized carbons (Fsp3) is 0. The predicted octanol–water partition coefficient (Wildman–Crippen LogP) is 1.26. The Kier molecular flexibility index (Phi) is 84.9. The van der Waals surface area contributed by atoms with Gasteiger partial charge in [0.25, 0.3) is 0 Å². The molecule has 34 valence electrons. The maximum atomic E-state index is 8.57. The lowest BCUT2D eigenvalue weighted by Crippen LogP contribution is -1.24. The maximum Gasteiger partial charge on any atom is 0.208 e. The average Bonchev–Trinajstić information content (AvgIpc) is 0.918. The minimum absolute atomic E-state index is 0. The van der Waals surface area contributed by atoms with Crippen LogP contribution in [0.5, 0.6) is 0 Å². The molecule has 5 heavy (non-hydrogen) atoms. The Morgan fingerprint density at radius 1 is 1.40 bits per heavy atom. The molecular weight excluding hydrogens is 134 g/mol. The molecule has 0 aliphatic rings. The van der Waals surface area contributed by atoms with E-state index in [0.717, 1.165) is 0 Å². The summed E-state index contributed by atoms with van der Waals surface area (Å²) >= 11 is 4.32. The molecule has 0 saturated carbocycles. The van der Waals surface area contributed by atoms with Crippen LogP contribution in [0.1, 0.15) is 0 Å². The minimum atomic E-state index is 0. The quantitative estimate of drug-likeness (QED) is 0.363. The summed E-state index contributed by atoms with van der Waals surface area (Å²) < 4.78 is 0. The first-order valence-corrected chi connectivity index (χ1v) is 0.890. The molecule has 1 nitrogen and oxygen atoms in total. The number of carbonyl (C=O) groups excluding carboxylic acids is 1. The van der Waals surface area contributed by atoms with Crippen molar-refractivity contribution in [2.45, 2.75) is 0 Å². The molecule has 0 atom stereocenters. The van der Waals surface area contributed by atoms with Crippen molar-refractivity contribution >= 4 is 42.2 Å². The van der Waals surface area contributed by atoms with E-state index in [2.05, 4.69) is 11.6 Å². The van der Waals surface area contributed by atoms with E-state index in [1.807, 2.05) is 0 Å². The molecule has 0 saturated heterocycles. The molecular formula is CH3Cl3O. The first-order valence-electron chi connectivity index (χ1n) is 0.454. The highest BCUT2D eigenvalue weighted by atomic mass is 35.5. The van der Waals surface area contributed by atoms with E-state index in [1.165, 1.54) is 0 Å². The summed E-state index contributed by atoms with van der Waals surface area (Å²) in [7, 11) is 0. The molecule has 0 rings (SSSR count). The van der Waals surface area contributed by atoms with Gasteiger partial charge < -0.3 is 0 Å². The van der Waals surface area contributed by atoms with E-state index in [1.54, 1.807) is 0 Å². The maximum absolute atomic E-state index is 8.57. The fourth-order valence-electron chi connectivity index (χ4n) is 0. The molecule has 0 unspecified atom stereocenters. The molecule has 0 aromatic rings. The molecule has 0 aromatic carbocycles. The van der Waals surface area contributed by atoms with Crippen LogP contribution in [0, 0.1) is 0 Å². The number of carbonyl (C=O) groups is 1. The van der Waals surface area contributed by atoms with Crippen LogP contribution in [0.3, 0.4) is 0 Å². The third-order valence-corrected chi connectivity index (χ3v) is 0. The van der Waals surface area contributed by atoms with Crippen LogP contribution in [0.2, 0.25) is 0 Å². The predicted molar refractivity (Wildman–Crippen MR) is 27.1 cm³/mol. The van der Waals surface area contributed by atoms with E-state index in [0.29, 0.717) is 0 Å². The second-order valence-corrected chi connectivity index (χ2v) is 0.267. The van der Waals surface area contributed by atoms with Crippen molar-refractivity contribution in [1.82, 2.24) is 0 Å². The average molecular weight is 137 g/mol. The topological polar surface area (TPSA) is 17.1 Å². The summed E-state index contributed by atoms with van der Waals surface area (Å²) in [5.74, 6) is 0.222. The van der Waals surface area contributed by atoms with Crippen molar-refractivity contribution in [2.75, 3.05) is 0 Å². The van der Waals surface area contributed by atoms with Gasteiger partial charge in [-0.05, 0) is 11.6 Å². The summed E-state index contributed by atoms with van der Waals surface area (Å²) in [6.45, 7) is 0. The van der Waals surface area contributed by atoms with Gasteiger partial charge in [-0.2, -0.15) is 0 Å². The van der Waals surface area contributed by atoms with Crippen LogP contribution >= 0.6 is 36.4 Å². The van der Waals surface area contributed by atoms with Crippen LogP contribution in [0.25, 0.3) is 0 Å². The zero-order chi connectivity index (χ0) is 2.71. The van der Waals surface area contributed by atoms with Gasteiger partial charge in [0.1, 0.15) is 0 Å². The van der Waals surface area contributed by atoms with Crippen molar-refractivity contribution in [3.8, 4) is 0 Å². The molecule has 0 aromatic heterocycles. The van der Waals surface area contributed by atoms with Crippen molar-refractivity contribution in [3.05, 3.63) is 0 Å². The van der Waals surface area contributed by atoms with E-state index in [4.69, 9.17) is 4.79 Å². The zero-order valence-corrected chi connectivity index (χ0v) is 4.57. The highest BCUT2D eigenvalue weighted by molar-refractivity contribution is 6.54.